The van der Waals surface area contributed by atoms with E-state index in [1.165, 1.54) is 0 Å². The largest absolute Gasteiger partial charge is 0.384 e. The van der Waals surface area contributed by atoms with Gasteiger partial charge in [-0.1, -0.05) is 12.1 Å². The van der Waals surface area contributed by atoms with E-state index in [2.05, 4.69) is 27.7 Å². The average Bonchev–Trinajstić information content (AvgIpc) is 2.96. The van der Waals surface area contributed by atoms with Crippen LogP contribution in [0.25, 0.3) is 0 Å². The van der Waals surface area contributed by atoms with Crippen molar-refractivity contribution in [3.63, 3.8) is 0 Å². The number of carbonyl (C=O) groups is 1. The number of amides is 1. The number of carbonyl (C=O) groups excluding carboxylic acids is 1. The summed E-state index contributed by atoms with van der Waals surface area (Å²) in [5, 5.41) is 9.55. The molecule has 0 radical (unpaired) electrons. The van der Waals surface area contributed by atoms with Crippen molar-refractivity contribution in [2.45, 2.75) is 19.9 Å². The minimum absolute atomic E-state index is 0.192. The molecule has 0 aromatic carbocycles. The second-order valence-electron chi connectivity index (χ2n) is 4.01. The molecule has 0 spiro atoms. The second-order valence-corrected chi connectivity index (χ2v) is 4.01. The minimum Gasteiger partial charge on any atom is -0.384 e. The zero-order valence-corrected chi connectivity index (χ0v) is 10.7. The van der Waals surface area contributed by atoms with Crippen molar-refractivity contribution < 1.29 is 9.32 Å². The number of nitrogens with zero attached hydrogens (tertiary/aromatic N) is 2. The molecule has 2 aromatic rings. The third kappa shape index (κ3) is 3.54. The molecular formula is C13H16N4O2. The van der Waals surface area contributed by atoms with Crippen molar-refractivity contribution in [3.8, 4) is 0 Å². The summed E-state index contributed by atoms with van der Waals surface area (Å²) in [6, 6.07) is 3.50. The smallest absolute Gasteiger partial charge is 0.255 e. The Bertz CT molecular complexity index is 525. The van der Waals surface area contributed by atoms with E-state index < -0.39 is 0 Å². The summed E-state index contributed by atoms with van der Waals surface area (Å²) in [5.74, 6) is 0.420. The van der Waals surface area contributed by atoms with Crippen LogP contribution in [0.1, 0.15) is 29.5 Å². The normalized spacial score (nSPS) is 10.2. The molecule has 19 heavy (non-hydrogen) atoms. The predicted molar refractivity (Wildman–Crippen MR) is 70.7 cm³/mol. The molecule has 0 atom stereocenters. The van der Waals surface area contributed by atoms with Crippen molar-refractivity contribution in [1.29, 1.82) is 0 Å². The Morgan fingerprint density at radius 3 is 3.00 bits per heavy atom. The fraction of sp³-hybridized carbons (Fsp3) is 0.308. The van der Waals surface area contributed by atoms with Gasteiger partial charge in [0.2, 0.25) is 0 Å². The number of pyridine rings is 1. The predicted octanol–water partition coefficient (Wildman–Crippen LogP) is 1.82. The molecule has 0 aliphatic carbocycles. The highest BCUT2D eigenvalue weighted by Crippen LogP contribution is 2.13. The first-order chi connectivity index (χ1) is 9.31. The topological polar surface area (TPSA) is 80.0 Å². The standard InChI is InChI=1S/C13H16N4O2/c1-2-5-15-12-4-6-14-9-11(12)13(18)16-8-10-3-7-17-19-10/h3-4,6-7,9H,2,5,8H2,1H3,(H,14,15)(H,16,18). The fourth-order valence-electron chi connectivity index (χ4n) is 1.59. The first-order valence-electron chi connectivity index (χ1n) is 6.17. The molecule has 0 aliphatic rings. The second kappa shape index (κ2) is 6.53. The van der Waals surface area contributed by atoms with E-state index in [0.29, 0.717) is 17.9 Å². The van der Waals surface area contributed by atoms with Crippen molar-refractivity contribution in [2.24, 2.45) is 0 Å². The van der Waals surface area contributed by atoms with Crippen LogP contribution in [0.4, 0.5) is 5.69 Å². The van der Waals surface area contributed by atoms with E-state index >= 15 is 0 Å². The van der Waals surface area contributed by atoms with Gasteiger partial charge in [-0.25, -0.2) is 0 Å². The Morgan fingerprint density at radius 2 is 2.26 bits per heavy atom. The first kappa shape index (κ1) is 13.1. The lowest BCUT2D eigenvalue weighted by atomic mass is 10.2. The summed E-state index contributed by atoms with van der Waals surface area (Å²) in [6.07, 6.45) is 5.74. The quantitative estimate of drug-likeness (QED) is 0.828. The molecule has 2 rings (SSSR count). The van der Waals surface area contributed by atoms with Gasteiger partial charge < -0.3 is 15.2 Å². The van der Waals surface area contributed by atoms with E-state index in [1.54, 1.807) is 30.7 Å². The van der Waals surface area contributed by atoms with Crippen LogP contribution in [-0.4, -0.2) is 22.6 Å². The maximum absolute atomic E-state index is 12.1. The Morgan fingerprint density at radius 1 is 1.37 bits per heavy atom. The lowest BCUT2D eigenvalue weighted by Crippen LogP contribution is -2.24. The van der Waals surface area contributed by atoms with E-state index in [9.17, 15) is 4.79 Å². The maximum Gasteiger partial charge on any atom is 0.255 e. The van der Waals surface area contributed by atoms with Crippen LogP contribution in [0.5, 0.6) is 0 Å². The molecule has 0 fully saturated rings. The van der Waals surface area contributed by atoms with E-state index in [4.69, 9.17) is 4.52 Å². The first-order valence-corrected chi connectivity index (χ1v) is 6.17. The third-order valence-electron chi connectivity index (χ3n) is 2.55. The van der Waals surface area contributed by atoms with Gasteiger partial charge in [0.1, 0.15) is 0 Å². The Balaban J connectivity index is 2.01. The van der Waals surface area contributed by atoms with Gasteiger partial charge >= 0.3 is 0 Å². The molecule has 6 nitrogen and oxygen atoms in total. The summed E-state index contributed by atoms with van der Waals surface area (Å²) in [6.45, 7) is 3.19. The van der Waals surface area contributed by atoms with Crippen molar-refractivity contribution in [1.82, 2.24) is 15.5 Å². The summed E-state index contributed by atoms with van der Waals surface area (Å²) < 4.78 is 4.92. The van der Waals surface area contributed by atoms with Gasteiger partial charge in [-0.15, -0.1) is 0 Å². The molecule has 2 aromatic heterocycles. The van der Waals surface area contributed by atoms with Crippen LogP contribution < -0.4 is 10.6 Å². The van der Waals surface area contributed by atoms with Crippen molar-refractivity contribution in [2.75, 3.05) is 11.9 Å². The molecule has 0 saturated heterocycles. The number of anilines is 1. The van der Waals surface area contributed by atoms with E-state index in [0.717, 1.165) is 18.7 Å². The van der Waals surface area contributed by atoms with E-state index in [1.807, 2.05) is 0 Å². The number of nitrogens with one attached hydrogen (secondary N) is 2. The molecular weight excluding hydrogens is 244 g/mol. The zero-order chi connectivity index (χ0) is 13.5. The van der Waals surface area contributed by atoms with Gasteiger partial charge in [0.15, 0.2) is 5.76 Å². The van der Waals surface area contributed by atoms with Gasteiger partial charge in [-0.05, 0) is 12.5 Å². The average molecular weight is 260 g/mol. The van der Waals surface area contributed by atoms with Gasteiger partial charge in [-0.3, -0.25) is 9.78 Å². The summed E-state index contributed by atoms with van der Waals surface area (Å²) >= 11 is 0. The summed E-state index contributed by atoms with van der Waals surface area (Å²) in [4.78, 5) is 16.1. The molecule has 2 heterocycles. The number of rotatable bonds is 6. The zero-order valence-electron chi connectivity index (χ0n) is 10.7. The third-order valence-corrected chi connectivity index (χ3v) is 2.55. The molecule has 2 N–H and O–H groups in total. The highest BCUT2D eigenvalue weighted by Gasteiger charge is 2.11. The lowest BCUT2D eigenvalue weighted by molar-refractivity contribution is 0.0947. The van der Waals surface area contributed by atoms with Gasteiger partial charge in [0, 0.05) is 25.0 Å². The molecule has 0 aliphatic heterocycles. The number of aromatic nitrogens is 2. The molecule has 100 valence electrons. The molecule has 0 saturated carbocycles. The lowest BCUT2D eigenvalue weighted by Gasteiger charge is -2.10. The Kier molecular flexibility index (Phi) is 4.49. The number of hydrogen-bond acceptors (Lipinski definition) is 5. The monoisotopic (exact) mass is 260 g/mol. The van der Waals surface area contributed by atoms with Gasteiger partial charge in [0.25, 0.3) is 5.91 Å². The molecule has 1 amide bonds. The fourth-order valence-corrected chi connectivity index (χ4v) is 1.59. The maximum atomic E-state index is 12.1. The molecule has 0 unspecified atom stereocenters. The van der Waals surface area contributed by atoms with Crippen LogP contribution in [0.2, 0.25) is 0 Å². The SMILES string of the molecule is CCCNc1ccncc1C(=O)NCc1ccno1. The molecule has 6 heteroatoms. The molecule has 0 bridgehead atoms. The summed E-state index contributed by atoms with van der Waals surface area (Å²) in [5.41, 5.74) is 1.31. The highest BCUT2D eigenvalue weighted by atomic mass is 16.5. The van der Waals surface area contributed by atoms with Crippen molar-refractivity contribution in [3.05, 3.63) is 42.0 Å². The van der Waals surface area contributed by atoms with Crippen LogP contribution >= 0.6 is 0 Å². The Labute approximate surface area is 111 Å². The minimum atomic E-state index is -0.192. The van der Waals surface area contributed by atoms with Gasteiger partial charge in [-0.2, -0.15) is 0 Å². The Hall–Kier alpha value is -2.37. The number of hydrogen-bond donors (Lipinski definition) is 2. The van der Waals surface area contributed by atoms with Crippen molar-refractivity contribution >= 4 is 11.6 Å². The van der Waals surface area contributed by atoms with Gasteiger partial charge in [0.05, 0.1) is 24.0 Å². The van der Waals surface area contributed by atoms with Crippen LogP contribution in [0.3, 0.4) is 0 Å². The van der Waals surface area contributed by atoms with Crippen LogP contribution in [0.15, 0.2) is 35.2 Å². The van der Waals surface area contributed by atoms with Crippen LogP contribution in [-0.2, 0) is 6.54 Å². The van der Waals surface area contributed by atoms with Crippen LogP contribution in [0, 0.1) is 0 Å². The highest BCUT2D eigenvalue weighted by molar-refractivity contribution is 5.99. The summed E-state index contributed by atoms with van der Waals surface area (Å²) in [7, 11) is 0. The van der Waals surface area contributed by atoms with E-state index in [-0.39, 0.29) is 5.91 Å².